The van der Waals surface area contributed by atoms with Crippen molar-refractivity contribution in [2.24, 2.45) is 0 Å². The number of nitrogens with zero attached hydrogens (tertiary/aromatic N) is 2. The van der Waals surface area contributed by atoms with Crippen molar-refractivity contribution in [2.45, 2.75) is 20.3 Å². The minimum absolute atomic E-state index is 0. The normalized spacial score (nSPS) is 10.4. The predicted molar refractivity (Wildman–Crippen MR) is 85.1 cm³/mol. The highest BCUT2D eigenvalue weighted by atomic mass is 79.9. The van der Waals surface area contributed by atoms with E-state index < -0.39 is 0 Å². The molecule has 0 aliphatic heterocycles. The highest BCUT2D eigenvalue weighted by Crippen LogP contribution is 2.20. The molecule has 0 fully saturated rings. The summed E-state index contributed by atoms with van der Waals surface area (Å²) in [6, 6.07) is 14.8. The number of aryl methyl sites for hydroxylation is 2. The molecule has 3 aromatic rings. The lowest BCUT2D eigenvalue weighted by Crippen LogP contribution is -1.86. The molecule has 2 aromatic heterocycles. The molecule has 0 spiro atoms. The summed E-state index contributed by atoms with van der Waals surface area (Å²) in [5.74, 6) is 0. The maximum atomic E-state index is 4.66. The summed E-state index contributed by atoms with van der Waals surface area (Å²) < 4.78 is 2.13. The van der Waals surface area contributed by atoms with Gasteiger partial charge in [-0.05, 0) is 31.0 Å². The minimum atomic E-state index is 0. The SMILES string of the molecule is Br.CCc1ccc(-c2cn3c(C)cccc3n2)cc1. The average molecular weight is 317 g/mol. The van der Waals surface area contributed by atoms with Gasteiger partial charge in [-0.1, -0.05) is 37.3 Å². The highest BCUT2D eigenvalue weighted by Gasteiger charge is 2.05. The van der Waals surface area contributed by atoms with Crippen molar-refractivity contribution in [1.82, 2.24) is 9.38 Å². The number of halogens is 1. The largest absolute Gasteiger partial charge is 0.304 e. The van der Waals surface area contributed by atoms with Crippen molar-refractivity contribution in [3.63, 3.8) is 0 Å². The van der Waals surface area contributed by atoms with E-state index in [-0.39, 0.29) is 17.0 Å². The first kappa shape index (κ1) is 13.8. The molecule has 3 rings (SSSR count). The standard InChI is InChI=1S/C16H16N2.BrH/c1-3-13-7-9-14(10-8-13)15-11-18-12(2)5-4-6-16(18)17-15;/h4-11H,3H2,1-2H3;1H. The lowest BCUT2D eigenvalue weighted by molar-refractivity contribution is 1.09. The number of hydrogen-bond acceptors (Lipinski definition) is 1. The van der Waals surface area contributed by atoms with E-state index in [0.29, 0.717) is 0 Å². The van der Waals surface area contributed by atoms with Crippen LogP contribution < -0.4 is 0 Å². The first-order valence-electron chi connectivity index (χ1n) is 6.32. The predicted octanol–water partition coefficient (Wildman–Crippen LogP) is 4.45. The van der Waals surface area contributed by atoms with Crippen LogP contribution in [0.5, 0.6) is 0 Å². The summed E-state index contributed by atoms with van der Waals surface area (Å²) in [7, 11) is 0. The van der Waals surface area contributed by atoms with Gasteiger partial charge in [-0.2, -0.15) is 0 Å². The number of fused-ring (bicyclic) bond motifs is 1. The van der Waals surface area contributed by atoms with Gasteiger partial charge in [0.15, 0.2) is 0 Å². The molecule has 0 aliphatic carbocycles. The summed E-state index contributed by atoms with van der Waals surface area (Å²) in [6.45, 7) is 4.27. The van der Waals surface area contributed by atoms with Crippen molar-refractivity contribution in [1.29, 1.82) is 0 Å². The van der Waals surface area contributed by atoms with Crippen LogP contribution >= 0.6 is 17.0 Å². The Morgan fingerprint density at radius 1 is 1.05 bits per heavy atom. The maximum Gasteiger partial charge on any atom is 0.137 e. The van der Waals surface area contributed by atoms with E-state index in [1.165, 1.54) is 16.8 Å². The van der Waals surface area contributed by atoms with Gasteiger partial charge in [-0.25, -0.2) is 4.98 Å². The summed E-state index contributed by atoms with van der Waals surface area (Å²) >= 11 is 0. The Kier molecular flexibility index (Phi) is 4.05. The van der Waals surface area contributed by atoms with Crippen LogP contribution in [0.25, 0.3) is 16.9 Å². The summed E-state index contributed by atoms with van der Waals surface area (Å²) in [4.78, 5) is 4.66. The third kappa shape index (κ3) is 2.56. The molecule has 0 N–H and O–H groups in total. The van der Waals surface area contributed by atoms with Crippen LogP contribution in [0.1, 0.15) is 18.2 Å². The topological polar surface area (TPSA) is 17.3 Å². The van der Waals surface area contributed by atoms with E-state index in [9.17, 15) is 0 Å². The van der Waals surface area contributed by atoms with Crippen LogP contribution in [-0.4, -0.2) is 9.38 Å². The zero-order chi connectivity index (χ0) is 12.5. The molecule has 19 heavy (non-hydrogen) atoms. The fraction of sp³-hybridized carbons (Fsp3) is 0.188. The minimum Gasteiger partial charge on any atom is -0.304 e. The zero-order valence-electron chi connectivity index (χ0n) is 11.1. The molecule has 0 saturated heterocycles. The fourth-order valence-electron chi connectivity index (χ4n) is 2.20. The van der Waals surface area contributed by atoms with Gasteiger partial charge in [0.25, 0.3) is 0 Å². The van der Waals surface area contributed by atoms with E-state index in [1.54, 1.807) is 0 Å². The van der Waals surface area contributed by atoms with Crippen molar-refractivity contribution < 1.29 is 0 Å². The van der Waals surface area contributed by atoms with Gasteiger partial charge >= 0.3 is 0 Å². The lowest BCUT2D eigenvalue weighted by atomic mass is 10.1. The number of aromatic nitrogens is 2. The van der Waals surface area contributed by atoms with Gasteiger partial charge in [0, 0.05) is 17.5 Å². The molecular weight excluding hydrogens is 300 g/mol. The summed E-state index contributed by atoms with van der Waals surface area (Å²) in [6.07, 6.45) is 3.18. The summed E-state index contributed by atoms with van der Waals surface area (Å²) in [5.41, 5.74) is 5.78. The third-order valence-electron chi connectivity index (χ3n) is 3.35. The molecule has 2 nitrogen and oxygen atoms in total. The van der Waals surface area contributed by atoms with Gasteiger partial charge in [0.2, 0.25) is 0 Å². The molecule has 0 amide bonds. The monoisotopic (exact) mass is 316 g/mol. The molecule has 3 heteroatoms. The van der Waals surface area contributed by atoms with Crippen LogP contribution in [0.2, 0.25) is 0 Å². The third-order valence-corrected chi connectivity index (χ3v) is 3.35. The van der Waals surface area contributed by atoms with Crippen LogP contribution in [0, 0.1) is 6.92 Å². The van der Waals surface area contributed by atoms with Gasteiger partial charge < -0.3 is 4.40 Å². The zero-order valence-corrected chi connectivity index (χ0v) is 12.8. The molecule has 1 aromatic carbocycles. The van der Waals surface area contributed by atoms with Gasteiger partial charge in [-0.15, -0.1) is 17.0 Å². The number of rotatable bonds is 2. The van der Waals surface area contributed by atoms with Crippen LogP contribution in [0.4, 0.5) is 0 Å². The van der Waals surface area contributed by atoms with Crippen LogP contribution in [0.3, 0.4) is 0 Å². The average Bonchev–Trinajstić information content (AvgIpc) is 2.84. The second-order valence-electron chi connectivity index (χ2n) is 4.57. The second-order valence-corrected chi connectivity index (χ2v) is 4.57. The number of pyridine rings is 1. The van der Waals surface area contributed by atoms with Crippen molar-refractivity contribution in [3.05, 3.63) is 59.9 Å². The molecule has 0 atom stereocenters. The van der Waals surface area contributed by atoms with Gasteiger partial charge in [0.05, 0.1) is 5.69 Å². The maximum absolute atomic E-state index is 4.66. The van der Waals surface area contributed by atoms with E-state index in [4.69, 9.17) is 0 Å². The van der Waals surface area contributed by atoms with Crippen LogP contribution in [0.15, 0.2) is 48.7 Å². The van der Waals surface area contributed by atoms with Gasteiger partial charge in [0.1, 0.15) is 5.65 Å². The number of hydrogen-bond donors (Lipinski definition) is 0. The second kappa shape index (κ2) is 5.57. The number of benzene rings is 1. The molecular formula is C16H17BrN2. The molecule has 0 saturated carbocycles. The Morgan fingerprint density at radius 3 is 2.42 bits per heavy atom. The first-order valence-corrected chi connectivity index (χ1v) is 6.32. The Balaban J connectivity index is 0.00000133. The smallest absolute Gasteiger partial charge is 0.137 e. The highest BCUT2D eigenvalue weighted by molar-refractivity contribution is 8.93. The Morgan fingerprint density at radius 2 is 1.79 bits per heavy atom. The molecule has 0 aliphatic rings. The Bertz CT molecular complexity index is 684. The molecule has 0 unspecified atom stereocenters. The number of imidazole rings is 1. The molecule has 2 heterocycles. The van der Waals surface area contributed by atoms with E-state index in [2.05, 4.69) is 59.8 Å². The summed E-state index contributed by atoms with van der Waals surface area (Å²) in [5, 5.41) is 0. The van der Waals surface area contributed by atoms with E-state index in [0.717, 1.165) is 17.8 Å². The quantitative estimate of drug-likeness (QED) is 0.682. The molecule has 98 valence electrons. The van der Waals surface area contributed by atoms with Gasteiger partial charge in [-0.3, -0.25) is 0 Å². The first-order chi connectivity index (χ1) is 8.78. The van der Waals surface area contributed by atoms with E-state index >= 15 is 0 Å². The molecule has 0 bridgehead atoms. The molecule has 0 radical (unpaired) electrons. The van der Waals surface area contributed by atoms with E-state index in [1.807, 2.05) is 12.1 Å². The fourth-order valence-corrected chi connectivity index (χ4v) is 2.20. The lowest BCUT2D eigenvalue weighted by Gasteiger charge is -1.98. The van der Waals surface area contributed by atoms with Crippen molar-refractivity contribution >= 4 is 22.6 Å². The Labute approximate surface area is 123 Å². The van der Waals surface area contributed by atoms with Crippen molar-refractivity contribution in [3.8, 4) is 11.3 Å². The van der Waals surface area contributed by atoms with Crippen LogP contribution in [-0.2, 0) is 6.42 Å². The van der Waals surface area contributed by atoms with Crippen molar-refractivity contribution in [2.75, 3.05) is 0 Å². The Hall–Kier alpha value is -1.61.